The van der Waals surface area contributed by atoms with E-state index in [0.717, 1.165) is 17.8 Å². The quantitative estimate of drug-likeness (QED) is 0.838. The van der Waals surface area contributed by atoms with Crippen LogP contribution in [0, 0.1) is 11.7 Å². The summed E-state index contributed by atoms with van der Waals surface area (Å²) in [4.78, 5) is 11.6. The number of rotatable bonds is 6. The van der Waals surface area contributed by atoms with Gasteiger partial charge < -0.3 is 10.4 Å². The number of nitrogens with one attached hydrogen (secondary N) is 1. The lowest BCUT2D eigenvalue weighted by atomic mass is 10.0. The predicted molar refractivity (Wildman–Crippen MR) is 84.5 cm³/mol. The van der Waals surface area contributed by atoms with E-state index in [2.05, 4.69) is 26.1 Å². The van der Waals surface area contributed by atoms with Crippen LogP contribution in [0.25, 0.3) is 10.1 Å². The smallest absolute Gasteiger partial charge is 0.346 e. The van der Waals surface area contributed by atoms with Crippen molar-refractivity contribution in [3.05, 3.63) is 34.5 Å². The van der Waals surface area contributed by atoms with E-state index in [-0.39, 0.29) is 16.7 Å². The summed E-state index contributed by atoms with van der Waals surface area (Å²) in [6.45, 7) is 6.69. The Labute approximate surface area is 127 Å². The van der Waals surface area contributed by atoms with E-state index in [1.54, 1.807) is 12.1 Å². The van der Waals surface area contributed by atoms with Crippen molar-refractivity contribution in [2.45, 2.75) is 39.8 Å². The van der Waals surface area contributed by atoms with Crippen molar-refractivity contribution >= 4 is 27.4 Å². The molecule has 0 radical (unpaired) electrons. The van der Waals surface area contributed by atoms with Gasteiger partial charge in [-0.05, 0) is 24.5 Å². The van der Waals surface area contributed by atoms with Gasteiger partial charge in [-0.3, -0.25) is 0 Å². The third kappa shape index (κ3) is 3.24. The molecule has 0 aliphatic carbocycles. The standard InChI is InChI=1S/C16H20FNO2S/c1-4-12(9(2)3)18-8-10-14-11(17)6-5-7-13(14)21-15(10)16(19)20/h5-7,9,12,18H,4,8H2,1-3H3,(H,19,20). The van der Waals surface area contributed by atoms with E-state index in [4.69, 9.17) is 0 Å². The minimum atomic E-state index is -0.995. The Balaban J connectivity index is 2.41. The molecule has 1 unspecified atom stereocenters. The number of carboxylic acid groups (broad SMARTS) is 1. The molecule has 1 aromatic heterocycles. The van der Waals surface area contributed by atoms with Crippen LogP contribution in [0.1, 0.15) is 42.4 Å². The van der Waals surface area contributed by atoms with Gasteiger partial charge in [0.15, 0.2) is 0 Å². The SMILES string of the molecule is CCC(NCc1c(C(=O)O)sc2cccc(F)c12)C(C)C. The Kier molecular flexibility index (Phi) is 4.96. The molecule has 2 rings (SSSR count). The summed E-state index contributed by atoms with van der Waals surface area (Å²) in [5.41, 5.74) is 0.555. The Morgan fingerprint density at radius 1 is 1.43 bits per heavy atom. The maximum Gasteiger partial charge on any atom is 0.346 e. The Morgan fingerprint density at radius 2 is 2.14 bits per heavy atom. The third-order valence-electron chi connectivity index (χ3n) is 3.74. The summed E-state index contributed by atoms with van der Waals surface area (Å²) < 4.78 is 14.8. The molecule has 1 aromatic carbocycles. The number of benzene rings is 1. The molecule has 2 aromatic rings. The molecule has 0 aliphatic rings. The van der Waals surface area contributed by atoms with Gasteiger partial charge in [0.1, 0.15) is 10.7 Å². The van der Waals surface area contributed by atoms with E-state index in [9.17, 15) is 14.3 Å². The fraction of sp³-hybridized carbons (Fsp3) is 0.438. The van der Waals surface area contributed by atoms with Crippen molar-refractivity contribution in [1.29, 1.82) is 0 Å². The van der Waals surface area contributed by atoms with Crippen LogP contribution >= 0.6 is 11.3 Å². The van der Waals surface area contributed by atoms with Crippen molar-refractivity contribution in [1.82, 2.24) is 5.32 Å². The average molecular weight is 309 g/mol. The maximum absolute atomic E-state index is 14.1. The fourth-order valence-electron chi connectivity index (χ4n) is 2.59. The molecule has 0 bridgehead atoms. The Bertz CT molecular complexity index is 651. The van der Waals surface area contributed by atoms with E-state index in [0.29, 0.717) is 28.1 Å². The molecule has 0 saturated heterocycles. The fourth-order valence-corrected chi connectivity index (χ4v) is 3.67. The summed E-state index contributed by atoms with van der Waals surface area (Å²) in [6, 6.07) is 5.04. The van der Waals surface area contributed by atoms with E-state index in [1.807, 2.05) is 0 Å². The van der Waals surface area contributed by atoms with Crippen molar-refractivity contribution in [3.8, 4) is 0 Å². The van der Waals surface area contributed by atoms with Gasteiger partial charge in [-0.15, -0.1) is 11.3 Å². The number of carbonyl (C=O) groups is 1. The van der Waals surface area contributed by atoms with Crippen molar-refractivity contribution in [3.63, 3.8) is 0 Å². The lowest BCUT2D eigenvalue weighted by Gasteiger charge is -2.20. The number of thiophene rings is 1. The summed E-state index contributed by atoms with van der Waals surface area (Å²) >= 11 is 1.13. The van der Waals surface area contributed by atoms with E-state index >= 15 is 0 Å². The largest absolute Gasteiger partial charge is 0.477 e. The van der Waals surface area contributed by atoms with E-state index in [1.165, 1.54) is 6.07 Å². The summed E-state index contributed by atoms with van der Waals surface area (Å²) in [6.07, 6.45) is 0.949. The Hall–Kier alpha value is -1.46. The summed E-state index contributed by atoms with van der Waals surface area (Å²) in [5.74, 6) is -0.909. The average Bonchev–Trinajstić information content (AvgIpc) is 2.79. The van der Waals surface area contributed by atoms with Crippen LogP contribution in [0.2, 0.25) is 0 Å². The van der Waals surface area contributed by atoms with Crippen LogP contribution in [-0.4, -0.2) is 17.1 Å². The molecule has 5 heteroatoms. The highest BCUT2D eigenvalue weighted by atomic mass is 32.1. The maximum atomic E-state index is 14.1. The molecule has 0 spiro atoms. The number of aromatic carboxylic acids is 1. The highest BCUT2D eigenvalue weighted by molar-refractivity contribution is 7.21. The number of halogens is 1. The minimum absolute atomic E-state index is 0.223. The van der Waals surface area contributed by atoms with Crippen LogP contribution in [0.3, 0.4) is 0 Å². The highest BCUT2D eigenvalue weighted by Crippen LogP contribution is 2.33. The molecule has 0 saturated carbocycles. The summed E-state index contributed by atoms with van der Waals surface area (Å²) in [5, 5.41) is 13.1. The molecule has 1 atom stereocenters. The van der Waals surface area contributed by atoms with Gasteiger partial charge in [0, 0.05) is 28.2 Å². The van der Waals surface area contributed by atoms with Gasteiger partial charge in [-0.2, -0.15) is 0 Å². The van der Waals surface area contributed by atoms with Crippen LogP contribution in [0.4, 0.5) is 4.39 Å². The first-order chi connectivity index (χ1) is 9.95. The molecule has 3 nitrogen and oxygen atoms in total. The molecule has 21 heavy (non-hydrogen) atoms. The second-order valence-electron chi connectivity index (χ2n) is 5.47. The topological polar surface area (TPSA) is 49.3 Å². The van der Waals surface area contributed by atoms with Crippen LogP contribution in [0.15, 0.2) is 18.2 Å². The van der Waals surface area contributed by atoms with Crippen LogP contribution in [0.5, 0.6) is 0 Å². The number of fused-ring (bicyclic) bond motifs is 1. The van der Waals surface area contributed by atoms with Gasteiger partial charge >= 0.3 is 5.97 Å². The molecule has 1 heterocycles. The second-order valence-corrected chi connectivity index (χ2v) is 6.52. The van der Waals surface area contributed by atoms with Crippen LogP contribution in [-0.2, 0) is 6.54 Å². The molecule has 0 aliphatic heterocycles. The van der Waals surface area contributed by atoms with Gasteiger partial charge in [0.05, 0.1) is 0 Å². The first-order valence-electron chi connectivity index (χ1n) is 7.12. The number of hydrogen-bond donors (Lipinski definition) is 2. The van der Waals surface area contributed by atoms with Crippen molar-refractivity contribution in [2.75, 3.05) is 0 Å². The van der Waals surface area contributed by atoms with Crippen molar-refractivity contribution < 1.29 is 14.3 Å². The molecule has 0 fully saturated rings. The molecular weight excluding hydrogens is 289 g/mol. The normalized spacial score (nSPS) is 13.0. The minimum Gasteiger partial charge on any atom is -0.477 e. The lowest BCUT2D eigenvalue weighted by Crippen LogP contribution is -2.33. The van der Waals surface area contributed by atoms with Crippen LogP contribution < -0.4 is 5.32 Å². The number of hydrogen-bond acceptors (Lipinski definition) is 3. The zero-order valence-electron chi connectivity index (χ0n) is 12.4. The monoisotopic (exact) mass is 309 g/mol. The lowest BCUT2D eigenvalue weighted by molar-refractivity contribution is 0.0701. The number of carboxylic acids is 1. The van der Waals surface area contributed by atoms with Crippen molar-refractivity contribution in [2.24, 2.45) is 5.92 Å². The molecule has 114 valence electrons. The predicted octanol–water partition coefficient (Wildman–Crippen LogP) is 4.26. The third-order valence-corrected chi connectivity index (χ3v) is 4.93. The van der Waals surface area contributed by atoms with Gasteiger partial charge in [0.25, 0.3) is 0 Å². The molecular formula is C16H20FNO2S. The van der Waals surface area contributed by atoms with Gasteiger partial charge in [0.2, 0.25) is 0 Å². The summed E-state index contributed by atoms with van der Waals surface area (Å²) in [7, 11) is 0. The van der Waals surface area contributed by atoms with Gasteiger partial charge in [-0.1, -0.05) is 26.8 Å². The zero-order chi connectivity index (χ0) is 15.6. The Morgan fingerprint density at radius 3 is 2.71 bits per heavy atom. The zero-order valence-corrected chi connectivity index (χ0v) is 13.3. The van der Waals surface area contributed by atoms with Gasteiger partial charge in [-0.25, -0.2) is 9.18 Å². The first-order valence-corrected chi connectivity index (χ1v) is 7.93. The second kappa shape index (κ2) is 6.54. The highest BCUT2D eigenvalue weighted by Gasteiger charge is 2.21. The first kappa shape index (κ1) is 15.9. The molecule has 2 N–H and O–H groups in total. The molecule has 0 amide bonds. The van der Waals surface area contributed by atoms with E-state index < -0.39 is 5.97 Å².